The first-order valence-corrected chi connectivity index (χ1v) is 10.2. The van der Waals surface area contributed by atoms with Crippen LogP contribution in [0.15, 0.2) is 21.2 Å². The number of pyridine rings is 1. The number of hydrogen-bond donors (Lipinski definition) is 1. The molecule has 1 aliphatic rings. The van der Waals surface area contributed by atoms with Gasteiger partial charge in [0.05, 0.1) is 45.0 Å². The highest BCUT2D eigenvalue weighted by Gasteiger charge is 2.29. The number of carboxylic acid groups (broad SMARTS) is 1. The number of anilines is 1. The Bertz CT molecular complexity index is 1400. The molecule has 0 amide bonds. The van der Waals surface area contributed by atoms with Gasteiger partial charge in [-0.2, -0.15) is 0 Å². The summed E-state index contributed by atoms with van der Waals surface area (Å²) in [5.41, 5.74) is 1.53. The van der Waals surface area contributed by atoms with Crippen molar-refractivity contribution in [3.8, 4) is 0 Å². The number of halogens is 1. The van der Waals surface area contributed by atoms with Gasteiger partial charge in [-0.25, -0.2) is 4.39 Å². The van der Waals surface area contributed by atoms with E-state index in [0.29, 0.717) is 46.5 Å². The molecule has 1 fully saturated rings. The van der Waals surface area contributed by atoms with Crippen molar-refractivity contribution in [1.82, 2.24) is 4.40 Å². The van der Waals surface area contributed by atoms with Gasteiger partial charge < -0.3 is 14.7 Å². The highest BCUT2D eigenvalue weighted by molar-refractivity contribution is 7.18. The molecule has 1 aromatic carbocycles. The van der Waals surface area contributed by atoms with Crippen molar-refractivity contribution in [2.45, 2.75) is 13.0 Å². The molecule has 0 radical (unpaired) electrons. The molecule has 10 heteroatoms. The zero-order chi connectivity index (χ0) is 20.4. The van der Waals surface area contributed by atoms with E-state index in [-0.39, 0.29) is 17.0 Å². The van der Waals surface area contributed by atoms with E-state index in [1.165, 1.54) is 17.4 Å². The van der Waals surface area contributed by atoms with E-state index in [2.05, 4.69) is 4.99 Å². The number of ether oxygens (including phenoxy) is 1. The van der Waals surface area contributed by atoms with E-state index < -0.39 is 24.4 Å². The van der Waals surface area contributed by atoms with Gasteiger partial charge in [-0.05, 0) is 13.0 Å². The third-order valence-electron chi connectivity index (χ3n) is 5.54. The van der Waals surface area contributed by atoms with E-state index in [4.69, 9.17) is 4.74 Å². The molecular formula is C19H17BFN3O4S. The van der Waals surface area contributed by atoms with Gasteiger partial charge in [0, 0.05) is 36.4 Å². The Kier molecular flexibility index (Phi) is 4.04. The molecule has 1 aliphatic heterocycles. The summed E-state index contributed by atoms with van der Waals surface area (Å²) >= 11 is 1.31. The van der Waals surface area contributed by atoms with Gasteiger partial charge in [0.25, 0.3) is 5.87 Å². The van der Waals surface area contributed by atoms with E-state index in [0.717, 1.165) is 5.52 Å². The van der Waals surface area contributed by atoms with Crippen molar-refractivity contribution in [3.05, 3.63) is 32.8 Å². The second-order valence-electron chi connectivity index (χ2n) is 7.32. The quantitative estimate of drug-likeness (QED) is 0.510. The van der Waals surface area contributed by atoms with Crippen LogP contribution in [0.4, 0.5) is 14.9 Å². The van der Waals surface area contributed by atoms with E-state index in [1.807, 2.05) is 21.6 Å². The Hall–Kier alpha value is -2.72. The van der Waals surface area contributed by atoms with E-state index in [9.17, 15) is 14.7 Å². The van der Waals surface area contributed by atoms with Gasteiger partial charge in [0.2, 0.25) is 0 Å². The molecule has 148 valence electrons. The Morgan fingerprint density at radius 3 is 2.97 bits per heavy atom. The van der Waals surface area contributed by atoms with Gasteiger partial charge >= 0.3 is 7.28 Å². The normalized spacial score (nSPS) is 18.5. The van der Waals surface area contributed by atoms with E-state index >= 15 is 4.39 Å². The number of benzene rings is 1. The molecule has 1 unspecified atom stereocenters. The van der Waals surface area contributed by atoms with Crippen LogP contribution in [0.2, 0.25) is 0 Å². The third-order valence-corrected chi connectivity index (χ3v) is 6.53. The maximum absolute atomic E-state index is 15.4. The van der Waals surface area contributed by atoms with Crippen LogP contribution in [-0.2, 0) is 4.74 Å². The highest BCUT2D eigenvalue weighted by Crippen LogP contribution is 2.35. The van der Waals surface area contributed by atoms with Crippen LogP contribution in [-0.4, -0.2) is 55.5 Å². The molecule has 7 nitrogen and oxygen atoms in total. The summed E-state index contributed by atoms with van der Waals surface area (Å²) in [4.78, 5) is 31.4. The Balaban J connectivity index is 1.96. The van der Waals surface area contributed by atoms with Gasteiger partial charge in [-0.15, -0.1) is 11.3 Å². The first-order valence-electron chi connectivity index (χ1n) is 9.29. The first kappa shape index (κ1) is 18.3. The third kappa shape index (κ3) is 2.48. The maximum Gasteiger partial charge on any atom is 0.301 e. The van der Waals surface area contributed by atoms with Crippen LogP contribution in [0.1, 0.15) is 6.92 Å². The molecule has 0 spiro atoms. The fraction of sp³-hybridized carbons (Fsp3) is 0.316. The summed E-state index contributed by atoms with van der Waals surface area (Å²) in [5.74, 6) is -1.60. The summed E-state index contributed by atoms with van der Waals surface area (Å²) in [5, 5.41) is 12.5. The minimum absolute atomic E-state index is 0.0383. The van der Waals surface area contributed by atoms with Crippen molar-refractivity contribution in [3.63, 3.8) is 0 Å². The van der Waals surface area contributed by atoms with Gasteiger partial charge in [0.1, 0.15) is 5.82 Å². The molecule has 0 bridgehead atoms. The predicted octanol–water partition coefficient (Wildman–Crippen LogP) is 1.18. The molecule has 4 aromatic rings. The monoisotopic (exact) mass is 413 g/mol. The lowest BCUT2D eigenvalue weighted by atomic mass is 9.71. The first-order chi connectivity index (χ1) is 13.9. The SMILES string of the molecule is CN=c1c2c(N3CCOC(C)C3)c(F)cc3c(=O)c(BC(=O)O)c4scc1n4c32. The fourth-order valence-electron chi connectivity index (χ4n) is 4.43. The minimum Gasteiger partial charge on any atom is -0.489 e. The lowest BCUT2D eigenvalue weighted by Gasteiger charge is -2.33. The molecule has 4 heterocycles. The molecular weight excluding hydrogens is 396 g/mol. The number of carbonyl (C=O) groups is 1. The molecule has 1 N–H and O–H groups in total. The number of rotatable bonds is 3. The van der Waals surface area contributed by atoms with E-state index in [1.54, 1.807) is 7.05 Å². The standard InChI is InChI=1S/C19H17BFN3O4S/c1-8-6-23(3-4-28-8)16-10(21)5-9-15-12(16)14(22-2)11-7-29-18(24(11)15)13(17(9)25)20-19(26)27/h5,7-8,20H,3-4,6H2,1-2H3,(H,26,27). The second kappa shape index (κ2) is 6.40. The molecule has 5 rings (SSSR count). The summed E-state index contributed by atoms with van der Waals surface area (Å²) in [6, 6.07) is 1.24. The molecule has 1 atom stereocenters. The molecule has 29 heavy (non-hydrogen) atoms. The van der Waals surface area contributed by atoms with Crippen LogP contribution >= 0.6 is 11.3 Å². The average Bonchev–Trinajstić information content (AvgIpc) is 3.22. The molecule has 3 aromatic heterocycles. The predicted molar refractivity (Wildman–Crippen MR) is 113 cm³/mol. The average molecular weight is 413 g/mol. The highest BCUT2D eigenvalue weighted by atomic mass is 32.1. The van der Waals surface area contributed by atoms with Crippen LogP contribution < -0.4 is 21.1 Å². The summed E-state index contributed by atoms with van der Waals surface area (Å²) < 4.78 is 22.9. The number of nitrogens with zero attached hydrogens (tertiary/aromatic N) is 3. The van der Waals surface area contributed by atoms with Crippen molar-refractivity contribution in [1.29, 1.82) is 0 Å². The van der Waals surface area contributed by atoms with Gasteiger partial charge in [-0.3, -0.25) is 19.0 Å². The van der Waals surface area contributed by atoms with Crippen molar-refractivity contribution >= 4 is 62.3 Å². The van der Waals surface area contributed by atoms with Crippen LogP contribution in [0, 0.1) is 5.82 Å². The lowest BCUT2D eigenvalue weighted by molar-refractivity contribution is 0.0531. The second-order valence-corrected chi connectivity index (χ2v) is 8.18. The van der Waals surface area contributed by atoms with Gasteiger partial charge in [0.15, 0.2) is 5.43 Å². The van der Waals surface area contributed by atoms with Crippen molar-refractivity contribution in [2.24, 2.45) is 4.99 Å². The fourth-order valence-corrected chi connectivity index (χ4v) is 5.47. The minimum atomic E-state index is -1.10. The molecule has 1 saturated heterocycles. The maximum atomic E-state index is 15.4. The zero-order valence-electron chi connectivity index (χ0n) is 15.9. The van der Waals surface area contributed by atoms with Crippen molar-refractivity contribution < 1.29 is 19.0 Å². The molecule has 0 aliphatic carbocycles. The smallest absolute Gasteiger partial charge is 0.301 e. The largest absolute Gasteiger partial charge is 0.489 e. The molecule has 0 saturated carbocycles. The number of thiazole rings is 1. The zero-order valence-corrected chi connectivity index (χ0v) is 16.7. The Morgan fingerprint density at radius 1 is 1.48 bits per heavy atom. The van der Waals surface area contributed by atoms with Gasteiger partial charge in [-0.1, -0.05) is 0 Å². The number of morpholine rings is 1. The number of aromatic nitrogens is 1. The van der Waals surface area contributed by atoms with Crippen LogP contribution in [0.3, 0.4) is 0 Å². The van der Waals surface area contributed by atoms with Crippen molar-refractivity contribution in [2.75, 3.05) is 31.6 Å². The topological polar surface area (TPSA) is 83.6 Å². The number of hydrogen-bond acceptors (Lipinski definition) is 6. The summed E-state index contributed by atoms with van der Waals surface area (Å²) in [6.45, 7) is 3.51. The van der Waals surface area contributed by atoms with Crippen LogP contribution in [0.5, 0.6) is 0 Å². The Morgan fingerprint density at radius 2 is 2.28 bits per heavy atom. The summed E-state index contributed by atoms with van der Waals surface area (Å²) in [7, 11) is 1.24. The lowest BCUT2D eigenvalue weighted by Crippen LogP contribution is -2.42. The Labute approximate surface area is 168 Å². The van der Waals surface area contributed by atoms with Crippen LogP contribution in [0.25, 0.3) is 26.6 Å². The summed E-state index contributed by atoms with van der Waals surface area (Å²) in [6.07, 6.45) is -0.0383.